The number of nitrogens with zero attached hydrogens (tertiary/aromatic N) is 2. The Morgan fingerprint density at radius 3 is 2.50 bits per heavy atom. The Bertz CT molecular complexity index is 376. The predicted octanol–water partition coefficient (Wildman–Crippen LogP) is 1.54. The molecule has 5 heteroatoms. The van der Waals surface area contributed by atoms with Gasteiger partial charge in [-0.2, -0.15) is 0 Å². The van der Waals surface area contributed by atoms with Crippen molar-refractivity contribution in [3.63, 3.8) is 0 Å². The second-order valence-corrected chi connectivity index (χ2v) is 10.9. The molecule has 0 fully saturated rings. The molecule has 0 N–H and O–H groups in total. The molecule has 92 valence electrons. The molecule has 1 aromatic rings. The number of aromatic nitrogens is 2. The molecule has 0 aliphatic rings. The summed E-state index contributed by atoms with van der Waals surface area (Å²) in [6.45, 7) is 9.27. The summed E-state index contributed by atoms with van der Waals surface area (Å²) >= 11 is 0. The molecule has 0 saturated heterocycles. The van der Waals surface area contributed by atoms with Gasteiger partial charge in [-0.25, -0.2) is 0 Å². The van der Waals surface area contributed by atoms with E-state index in [0.29, 0.717) is 6.61 Å². The van der Waals surface area contributed by atoms with Crippen LogP contribution in [0.5, 0.6) is 0 Å². The molecule has 0 bridgehead atoms. The van der Waals surface area contributed by atoms with Crippen LogP contribution in [0.25, 0.3) is 0 Å². The maximum absolute atomic E-state index is 11.2. The summed E-state index contributed by atoms with van der Waals surface area (Å²) in [5.41, 5.74) is 0.0297. The molecule has 0 saturated carbocycles. The Kier molecular flexibility index (Phi) is 4.55. The van der Waals surface area contributed by atoms with Crippen LogP contribution in [-0.4, -0.2) is 30.7 Å². The smallest absolute Gasteiger partial charge is 0.266 e. The van der Waals surface area contributed by atoms with E-state index in [9.17, 15) is 4.79 Å². The average Bonchev–Trinajstić information content (AvgIpc) is 2.47. The van der Waals surface area contributed by atoms with Crippen molar-refractivity contribution < 1.29 is 4.74 Å². The third-order valence-corrected chi connectivity index (χ3v) is 4.26. The van der Waals surface area contributed by atoms with Gasteiger partial charge >= 0.3 is 0 Å². The van der Waals surface area contributed by atoms with Crippen LogP contribution >= 0.6 is 0 Å². The van der Waals surface area contributed by atoms with E-state index in [1.807, 2.05) is 4.68 Å². The molecule has 0 aliphatic heterocycles. The Morgan fingerprint density at radius 1 is 1.31 bits per heavy atom. The lowest BCUT2D eigenvalue weighted by Gasteiger charge is -2.15. The van der Waals surface area contributed by atoms with Crippen molar-refractivity contribution in [2.75, 3.05) is 13.2 Å². The van der Waals surface area contributed by atoms with E-state index in [4.69, 9.17) is 4.74 Å². The fourth-order valence-corrected chi connectivity index (χ4v) is 2.10. The van der Waals surface area contributed by atoms with Gasteiger partial charge in [0.15, 0.2) is 0 Å². The van der Waals surface area contributed by atoms with Gasteiger partial charge in [0.25, 0.3) is 5.56 Å². The quantitative estimate of drug-likeness (QED) is 0.560. The van der Waals surface area contributed by atoms with Gasteiger partial charge < -0.3 is 4.74 Å². The van der Waals surface area contributed by atoms with Crippen LogP contribution in [0, 0.1) is 0 Å². The zero-order chi connectivity index (χ0) is 12.2. The summed E-state index contributed by atoms with van der Waals surface area (Å²) in [6, 6.07) is 2.76. The molecule has 0 unspecified atom stereocenters. The lowest BCUT2D eigenvalue weighted by Crippen LogP contribution is -2.23. The van der Waals surface area contributed by atoms with Crippen LogP contribution in [0.4, 0.5) is 0 Å². The molecule has 0 spiro atoms. The normalized spacial score (nSPS) is 12.0. The highest BCUT2D eigenvalue weighted by atomic mass is 28.3. The summed E-state index contributed by atoms with van der Waals surface area (Å²) in [7, 11) is 0.788. The second kappa shape index (κ2) is 5.50. The fourth-order valence-electron chi connectivity index (χ4n) is 1.35. The molecule has 0 amide bonds. The highest BCUT2D eigenvalue weighted by Crippen LogP contribution is 2.07. The Hall–Kier alpha value is -0.813. The number of rotatable bonds is 6. The third kappa shape index (κ3) is 4.36. The van der Waals surface area contributed by atoms with E-state index in [1.165, 1.54) is 6.04 Å². The van der Waals surface area contributed by atoms with Gasteiger partial charge in [-0.05, 0) is 6.04 Å². The summed E-state index contributed by atoms with van der Waals surface area (Å²) < 4.78 is 9.05. The zero-order valence-corrected chi connectivity index (χ0v) is 11.7. The van der Waals surface area contributed by atoms with Gasteiger partial charge in [-0.1, -0.05) is 19.6 Å². The third-order valence-electron chi connectivity index (χ3n) is 2.55. The van der Waals surface area contributed by atoms with Gasteiger partial charge in [-0.15, -0.1) is 0 Å². The number of hydrogen-bond donors (Lipinski definition) is 0. The van der Waals surface area contributed by atoms with E-state index >= 15 is 0 Å². The minimum Gasteiger partial charge on any atom is -0.380 e. The summed E-state index contributed by atoms with van der Waals surface area (Å²) in [5, 5.41) is 0. The molecule has 0 radical (unpaired) electrons. The average molecular weight is 242 g/mol. The molecule has 4 nitrogen and oxygen atoms in total. The monoisotopic (exact) mass is 242 g/mol. The fraction of sp³-hybridized carbons (Fsp3) is 0.727. The largest absolute Gasteiger partial charge is 0.380 e. The summed E-state index contributed by atoms with van der Waals surface area (Å²) in [6.07, 6.45) is 1.80. The van der Waals surface area contributed by atoms with Crippen LogP contribution in [0.2, 0.25) is 25.7 Å². The van der Waals surface area contributed by atoms with E-state index in [-0.39, 0.29) is 5.56 Å². The van der Waals surface area contributed by atoms with E-state index in [2.05, 4.69) is 19.6 Å². The lowest BCUT2D eigenvalue weighted by molar-refractivity contribution is 0.132. The van der Waals surface area contributed by atoms with Crippen molar-refractivity contribution in [1.82, 2.24) is 9.36 Å². The second-order valence-electron chi connectivity index (χ2n) is 5.26. The molecular formula is C11H22N2O2Si. The number of hydrogen-bond acceptors (Lipinski definition) is 2. The van der Waals surface area contributed by atoms with Gasteiger partial charge in [-0.3, -0.25) is 14.2 Å². The molecule has 1 rings (SSSR count). The molecule has 1 aromatic heterocycles. The topological polar surface area (TPSA) is 36.2 Å². The Morgan fingerprint density at radius 2 is 2.00 bits per heavy atom. The van der Waals surface area contributed by atoms with Crippen molar-refractivity contribution in [3.05, 3.63) is 22.6 Å². The lowest BCUT2D eigenvalue weighted by atomic mass is 10.6. The molecule has 16 heavy (non-hydrogen) atoms. The maximum atomic E-state index is 11.2. The SMILES string of the molecule is Cn1c(=O)ccn1CCOCC[Si](C)(C)C. The minimum absolute atomic E-state index is 0.0297. The van der Waals surface area contributed by atoms with Crippen LogP contribution in [0.1, 0.15) is 0 Å². The van der Waals surface area contributed by atoms with Gasteiger partial charge in [0, 0.05) is 34.0 Å². The first kappa shape index (κ1) is 13.3. The van der Waals surface area contributed by atoms with Crippen LogP contribution in [-0.2, 0) is 18.3 Å². The minimum atomic E-state index is -0.980. The molecular weight excluding hydrogens is 220 g/mol. The molecule has 1 heterocycles. The Balaban J connectivity index is 2.22. The maximum Gasteiger partial charge on any atom is 0.266 e. The van der Waals surface area contributed by atoms with E-state index in [1.54, 1.807) is 24.0 Å². The predicted molar refractivity (Wildman–Crippen MR) is 68.6 cm³/mol. The van der Waals surface area contributed by atoms with E-state index < -0.39 is 8.07 Å². The summed E-state index contributed by atoms with van der Waals surface area (Å²) in [4.78, 5) is 11.2. The highest BCUT2D eigenvalue weighted by Gasteiger charge is 2.11. The van der Waals surface area contributed by atoms with Crippen molar-refractivity contribution in [2.24, 2.45) is 7.05 Å². The van der Waals surface area contributed by atoms with Crippen molar-refractivity contribution in [1.29, 1.82) is 0 Å². The molecule has 0 aliphatic carbocycles. The van der Waals surface area contributed by atoms with Crippen molar-refractivity contribution in [3.8, 4) is 0 Å². The first-order valence-electron chi connectivity index (χ1n) is 5.70. The highest BCUT2D eigenvalue weighted by molar-refractivity contribution is 6.76. The first-order chi connectivity index (χ1) is 7.40. The van der Waals surface area contributed by atoms with Crippen molar-refractivity contribution in [2.45, 2.75) is 32.2 Å². The standard InChI is InChI=1S/C11H22N2O2Si/c1-12-11(14)5-6-13(12)7-8-15-9-10-16(2,3)4/h5-6H,7-10H2,1-4H3. The van der Waals surface area contributed by atoms with Crippen LogP contribution < -0.4 is 5.56 Å². The van der Waals surface area contributed by atoms with Crippen molar-refractivity contribution >= 4 is 8.07 Å². The molecule has 0 atom stereocenters. The van der Waals surface area contributed by atoms with Gasteiger partial charge in [0.05, 0.1) is 13.2 Å². The Labute approximate surface area is 97.8 Å². The zero-order valence-electron chi connectivity index (χ0n) is 10.7. The van der Waals surface area contributed by atoms with Crippen LogP contribution in [0.3, 0.4) is 0 Å². The van der Waals surface area contributed by atoms with Gasteiger partial charge in [0.1, 0.15) is 0 Å². The van der Waals surface area contributed by atoms with Gasteiger partial charge in [0.2, 0.25) is 0 Å². The number of ether oxygens (including phenoxy) is 1. The first-order valence-corrected chi connectivity index (χ1v) is 9.41. The van der Waals surface area contributed by atoms with Crippen LogP contribution in [0.15, 0.2) is 17.1 Å². The van der Waals surface area contributed by atoms with E-state index in [0.717, 1.165) is 13.2 Å². The summed E-state index contributed by atoms with van der Waals surface area (Å²) in [5.74, 6) is 0. The molecule has 0 aromatic carbocycles.